The normalized spacial score (nSPS) is 19.4. The largest absolute Gasteiger partial charge is 0.506 e. The van der Waals surface area contributed by atoms with Gasteiger partial charge in [0.25, 0.3) is 0 Å². The van der Waals surface area contributed by atoms with E-state index in [1.54, 1.807) is 0 Å². The minimum Gasteiger partial charge on any atom is -0.506 e. The number of phenols is 1. The van der Waals surface area contributed by atoms with Crippen molar-refractivity contribution < 1.29 is 5.11 Å². The Morgan fingerprint density at radius 2 is 1.94 bits per heavy atom. The molecule has 0 amide bonds. The molecule has 0 aromatic heterocycles. The van der Waals surface area contributed by atoms with Gasteiger partial charge in [0.2, 0.25) is 0 Å². The van der Waals surface area contributed by atoms with E-state index < -0.39 is 0 Å². The van der Waals surface area contributed by atoms with E-state index in [1.165, 1.54) is 30.5 Å². The van der Waals surface area contributed by atoms with E-state index >= 15 is 0 Å². The number of rotatable bonds is 1. The summed E-state index contributed by atoms with van der Waals surface area (Å²) in [6, 6.07) is 4.04. The highest BCUT2D eigenvalue weighted by atomic mass is 16.3. The lowest BCUT2D eigenvalue weighted by molar-refractivity contribution is 0.469. The van der Waals surface area contributed by atoms with Crippen LogP contribution in [0.4, 0.5) is 11.4 Å². The fourth-order valence-corrected chi connectivity index (χ4v) is 2.71. The second-order valence-corrected chi connectivity index (χ2v) is 4.72. The van der Waals surface area contributed by atoms with Crippen molar-refractivity contribution in [1.82, 2.24) is 0 Å². The van der Waals surface area contributed by atoms with Crippen molar-refractivity contribution >= 4 is 11.4 Å². The van der Waals surface area contributed by atoms with Crippen LogP contribution in [0.1, 0.15) is 24.8 Å². The SMILES string of the molecule is Oc1cc2c(cc1N1CCCCC1)NCC2. The van der Waals surface area contributed by atoms with Crippen LogP contribution in [-0.2, 0) is 6.42 Å². The quantitative estimate of drug-likeness (QED) is 0.710. The third-order valence-corrected chi connectivity index (χ3v) is 3.61. The number of hydrogen-bond acceptors (Lipinski definition) is 3. The first-order valence-corrected chi connectivity index (χ1v) is 6.19. The summed E-state index contributed by atoms with van der Waals surface area (Å²) in [7, 11) is 0. The monoisotopic (exact) mass is 218 g/mol. The van der Waals surface area contributed by atoms with Crippen LogP contribution in [-0.4, -0.2) is 24.7 Å². The molecule has 1 saturated heterocycles. The van der Waals surface area contributed by atoms with E-state index in [0.29, 0.717) is 5.75 Å². The highest BCUT2D eigenvalue weighted by Crippen LogP contribution is 2.36. The molecule has 2 aliphatic rings. The zero-order valence-electron chi connectivity index (χ0n) is 9.50. The van der Waals surface area contributed by atoms with Crippen LogP contribution in [0.2, 0.25) is 0 Å². The van der Waals surface area contributed by atoms with Crippen LogP contribution in [0, 0.1) is 0 Å². The van der Waals surface area contributed by atoms with E-state index in [2.05, 4.69) is 16.3 Å². The number of anilines is 2. The van der Waals surface area contributed by atoms with E-state index in [9.17, 15) is 5.11 Å². The Morgan fingerprint density at radius 3 is 2.75 bits per heavy atom. The number of fused-ring (bicyclic) bond motifs is 1. The molecule has 0 bridgehead atoms. The molecule has 0 spiro atoms. The van der Waals surface area contributed by atoms with Crippen molar-refractivity contribution in [3.05, 3.63) is 17.7 Å². The zero-order valence-corrected chi connectivity index (χ0v) is 9.50. The Morgan fingerprint density at radius 1 is 1.12 bits per heavy atom. The van der Waals surface area contributed by atoms with Crippen LogP contribution in [0.5, 0.6) is 5.75 Å². The molecule has 2 N–H and O–H groups in total. The second-order valence-electron chi connectivity index (χ2n) is 4.72. The Kier molecular flexibility index (Phi) is 2.39. The summed E-state index contributed by atoms with van der Waals surface area (Å²) in [4.78, 5) is 2.30. The molecule has 1 aromatic carbocycles. The molecule has 1 fully saturated rings. The molecule has 0 unspecified atom stereocenters. The average Bonchev–Trinajstić information content (AvgIpc) is 2.76. The number of hydrogen-bond donors (Lipinski definition) is 2. The molecule has 0 aliphatic carbocycles. The van der Waals surface area contributed by atoms with Crippen molar-refractivity contribution in [2.75, 3.05) is 29.9 Å². The summed E-state index contributed by atoms with van der Waals surface area (Å²) in [6.45, 7) is 3.15. The van der Waals surface area contributed by atoms with Gasteiger partial charge in [0.05, 0.1) is 5.69 Å². The Balaban J connectivity index is 1.94. The summed E-state index contributed by atoms with van der Waals surface area (Å²) in [5.41, 5.74) is 3.46. The first-order chi connectivity index (χ1) is 7.84. The number of nitrogens with zero attached hydrogens (tertiary/aromatic N) is 1. The number of piperidine rings is 1. The predicted molar refractivity (Wildman–Crippen MR) is 66.4 cm³/mol. The molecule has 0 saturated carbocycles. The average molecular weight is 218 g/mol. The van der Waals surface area contributed by atoms with Gasteiger partial charge in [-0.3, -0.25) is 0 Å². The molecule has 1 aromatic rings. The first kappa shape index (κ1) is 9.82. The van der Waals surface area contributed by atoms with Gasteiger partial charge in [0.15, 0.2) is 0 Å². The summed E-state index contributed by atoms with van der Waals surface area (Å²) in [6.07, 6.45) is 4.83. The lowest BCUT2D eigenvalue weighted by atomic mass is 10.1. The molecule has 2 heterocycles. The number of nitrogens with one attached hydrogen (secondary N) is 1. The molecule has 3 heteroatoms. The van der Waals surface area contributed by atoms with E-state index in [-0.39, 0.29) is 0 Å². The Labute approximate surface area is 96.1 Å². The lowest BCUT2D eigenvalue weighted by Crippen LogP contribution is -2.29. The van der Waals surface area contributed by atoms with Crippen molar-refractivity contribution in [2.45, 2.75) is 25.7 Å². The second kappa shape index (κ2) is 3.89. The van der Waals surface area contributed by atoms with Crippen LogP contribution in [0.25, 0.3) is 0 Å². The predicted octanol–water partition coefficient (Wildman–Crippen LogP) is 2.35. The van der Waals surface area contributed by atoms with Crippen molar-refractivity contribution in [1.29, 1.82) is 0 Å². The Bertz CT molecular complexity index is 397. The van der Waals surface area contributed by atoms with Gasteiger partial charge >= 0.3 is 0 Å². The van der Waals surface area contributed by atoms with E-state index in [0.717, 1.165) is 31.7 Å². The van der Waals surface area contributed by atoms with Crippen molar-refractivity contribution in [3.8, 4) is 5.75 Å². The fourth-order valence-electron chi connectivity index (χ4n) is 2.71. The lowest BCUT2D eigenvalue weighted by Gasteiger charge is -2.29. The van der Waals surface area contributed by atoms with Gasteiger partial charge in [-0.25, -0.2) is 0 Å². The van der Waals surface area contributed by atoms with Crippen molar-refractivity contribution in [3.63, 3.8) is 0 Å². The summed E-state index contributed by atoms with van der Waals surface area (Å²) >= 11 is 0. The molecule has 16 heavy (non-hydrogen) atoms. The maximum atomic E-state index is 10.1. The topological polar surface area (TPSA) is 35.5 Å². The van der Waals surface area contributed by atoms with Gasteiger partial charge in [-0.2, -0.15) is 0 Å². The molecule has 3 rings (SSSR count). The van der Waals surface area contributed by atoms with Crippen molar-refractivity contribution in [2.24, 2.45) is 0 Å². The van der Waals surface area contributed by atoms with Gasteiger partial charge < -0.3 is 15.3 Å². The molecular weight excluding hydrogens is 200 g/mol. The summed E-state index contributed by atoms with van der Waals surface area (Å²) in [5.74, 6) is 0.448. The highest BCUT2D eigenvalue weighted by molar-refractivity contribution is 5.70. The standard InChI is InChI=1S/C13H18N2O/c16-13-8-10-4-5-14-11(10)9-12(13)15-6-2-1-3-7-15/h8-9,14,16H,1-7H2. The van der Waals surface area contributed by atoms with Crippen LogP contribution >= 0.6 is 0 Å². The third kappa shape index (κ3) is 1.60. The van der Waals surface area contributed by atoms with E-state index in [4.69, 9.17) is 0 Å². The van der Waals surface area contributed by atoms with Gasteiger partial charge in [-0.05, 0) is 43.4 Å². The Hall–Kier alpha value is -1.38. The fraction of sp³-hybridized carbons (Fsp3) is 0.538. The minimum absolute atomic E-state index is 0.448. The van der Waals surface area contributed by atoms with Crippen LogP contribution in [0.3, 0.4) is 0 Å². The maximum absolute atomic E-state index is 10.1. The van der Waals surface area contributed by atoms with Gasteiger partial charge in [0.1, 0.15) is 5.75 Å². The summed E-state index contributed by atoms with van der Waals surface area (Å²) < 4.78 is 0. The molecular formula is C13H18N2O. The van der Waals surface area contributed by atoms with Gasteiger partial charge in [-0.15, -0.1) is 0 Å². The smallest absolute Gasteiger partial charge is 0.139 e. The number of aromatic hydroxyl groups is 1. The minimum atomic E-state index is 0.448. The van der Waals surface area contributed by atoms with Gasteiger partial charge in [-0.1, -0.05) is 0 Å². The molecule has 0 radical (unpaired) electrons. The number of benzene rings is 1. The molecule has 3 nitrogen and oxygen atoms in total. The first-order valence-electron chi connectivity index (χ1n) is 6.19. The van der Waals surface area contributed by atoms with Crippen LogP contribution < -0.4 is 10.2 Å². The summed E-state index contributed by atoms with van der Waals surface area (Å²) in [5, 5.41) is 13.4. The molecule has 2 aliphatic heterocycles. The maximum Gasteiger partial charge on any atom is 0.139 e. The van der Waals surface area contributed by atoms with Gasteiger partial charge in [0, 0.05) is 25.3 Å². The molecule has 86 valence electrons. The zero-order chi connectivity index (χ0) is 11.0. The highest BCUT2D eigenvalue weighted by Gasteiger charge is 2.18. The third-order valence-electron chi connectivity index (χ3n) is 3.61. The molecule has 0 atom stereocenters. The number of phenolic OH excluding ortho intramolecular Hbond substituents is 1. The van der Waals surface area contributed by atoms with Crippen LogP contribution in [0.15, 0.2) is 12.1 Å². The van der Waals surface area contributed by atoms with E-state index in [1.807, 2.05) is 6.07 Å².